The predicted octanol–water partition coefficient (Wildman–Crippen LogP) is 15.2. The molecule has 0 N–H and O–H groups in total. The van der Waals surface area contributed by atoms with E-state index < -0.39 is 0 Å². The van der Waals surface area contributed by atoms with Crippen LogP contribution in [0.4, 0.5) is 17.1 Å². The van der Waals surface area contributed by atoms with E-state index in [0.717, 1.165) is 23.7 Å². The van der Waals surface area contributed by atoms with E-state index in [2.05, 4.69) is 184 Å². The lowest BCUT2D eigenvalue weighted by Crippen LogP contribution is -2.55. The van der Waals surface area contributed by atoms with Gasteiger partial charge in [0.05, 0.1) is 5.69 Å². The van der Waals surface area contributed by atoms with Crippen molar-refractivity contribution in [2.24, 2.45) is 23.7 Å². The average molecular weight is 762 g/mol. The molecule has 1 heteroatoms. The number of hydrogen-bond acceptors (Lipinski definition) is 1. The Balaban J connectivity index is 1.000. The van der Waals surface area contributed by atoms with E-state index >= 15 is 0 Å². The zero-order chi connectivity index (χ0) is 39.4. The van der Waals surface area contributed by atoms with Gasteiger partial charge >= 0.3 is 0 Å². The fourth-order valence-electron chi connectivity index (χ4n) is 14.3. The first-order chi connectivity index (χ1) is 28.7. The zero-order valence-electron chi connectivity index (χ0n) is 34.7. The predicted molar refractivity (Wildman–Crippen MR) is 245 cm³/mol. The van der Waals surface area contributed by atoms with Crippen molar-refractivity contribution >= 4 is 17.1 Å². The Morgan fingerprint density at radius 2 is 0.915 bits per heavy atom. The molecule has 0 atom stereocenters. The lowest BCUT2D eigenvalue weighted by Gasteiger charge is -2.61. The molecule has 4 saturated carbocycles. The second-order valence-corrected chi connectivity index (χ2v) is 20.1. The molecule has 7 aliphatic carbocycles. The molecule has 288 valence electrons. The van der Waals surface area contributed by atoms with Crippen LogP contribution in [0.1, 0.15) is 93.2 Å². The average Bonchev–Trinajstić information content (AvgIpc) is 3.78. The SMILES string of the molecule is CC1(C)c2ccccc2-c2ccc(N(c3cccc(-c4ccc5c(c4)C4(c6ccccc6-5)C5CC6CC(C5)CC4C6)c3)c3cccc4c3-c3ccccc3C4(C)C)cc21. The highest BCUT2D eigenvalue weighted by Gasteiger charge is 2.61. The first-order valence-corrected chi connectivity index (χ1v) is 22.4. The van der Waals surface area contributed by atoms with Gasteiger partial charge in [-0.25, -0.2) is 0 Å². The Hall–Kier alpha value is -5.66. The Labute approximate surface area is 349 Å². The Morgan fingerprint density at radius 1 is 0.390 bits per heavy atom. The van der Waals surface area contributed by atoms with E-state index in [9.17, 15) is 0 Å². The van der Waals surface area contributed by atoms with Crippen molar-refractivity contribution in [3.05, 3.63) is 185 Å². The van der Waals surface area contributed by atoms with E-state index in [4.69, 9.17) is 0 Å². The summed E-state index contributed by atoms with van der Waals surface area (Å²) in [7, 11) is 0. The minimum absolute atomic E-state index is 0.0904. The molecule has 0 aromatic heterocycles. The normalized spacial score (nSPS) is 24.9. The van der Waals surface area contributed by atoms with Gasteiger partial charge in [-0.3, -0.25) is 0 Å². The van der Waals surface area contributed by atoms with Crippen LogP contribution in [0.25, 0.3) is 44.5 Å². The first-order valence-electron chi connectivity index (χ1n) is 22.4. The number of benzene rings is 7. The van der Waals surface area contributed by atoms with E-state index in [0.29, 0.717) is 0 Å². The van der Waals surface area contributed by atoms with Crippen molar-refractivity contribution in [2.45, 2.75) is 76.0 Å². The maximum absolute atomic E-state index is 2.65. The van der Waals surface area contributed by atoms with Crippen LogP contribution in [-0.4, -0.2) is 0 Å². The molecule has 0 heterocycles. The monoisotopic (exact) mass is 761 g/mol. The third kappa shape index (κ3) is 4.41. The molecular weight excluding hydrogens is 711 g/mol. The van der Waals surface area contributed by atoms with Crippen LogP contribution in [0.3, 0.4) is 0 Å². The summed E-state index contributed by atoms with van der Waals surface area (Å²) < 4.78 is 0. The van der Waals surface area contributed by atoms with Gasteiger partial charge in [0.25, 0.3) is 0 Å². The van der Waals surface area contributed by atoms with Gasteiger partial charge in [-0.1, -0.05) is 143 Å². The Kier molecular flexibility index (Phi) is 6.82. The quantitative estimate of drug-likeness (QED) is 0.173. The van der Waals surface area contributed by atoms with Crippen LogP contribution in [0.15, 0.2) is 152 Å². The van der Waals surface area contributed by atoms with Crippen LogP contribution in [0.5, 0.6) is 0 Å². The van der Waals surface area contributed by atoms with Gasteiger partial charge < -0.3 is 4.90 Å². The topological polar surface area (TPSA) is 3.24 Å². The third-order valence-corrected chi connectivity index (χ3v) is 16.6. The summed E-state index contributed by atoms with van der Waals surface area (Å²) in [4.78, 5) is 2.57. The molecule has 7 aromatic carbocycles. The summed E-state index contributed by atoms with van der Waals surface area (Å²) in [6, 6.07) is 58.9. The van der Waals surface area contributed by atoms with Crippen molar-refractivity contribution in [2.75, 3.05) is 4.90 Å². The van der Waals surface area contributed by atoms with Crippen molar-refractivity contribution in [3.63, 3.8) is 0 Å². The summed E-state index contributed by atoms with van der Waals surface area (Å²) in [6.45, 7) is 9.58. The van der Waals surface area contributed by atoms with Gasteiger partial charge in [-0.05, 0) is 164 Å². The van der Waals surface area contributed by atoms with Gasteiger partial charge in [0.2, 0.25) is 0 Å². The van der Waals surface area contributed by atoms with Crippen LogP contribution in [-0.2, 0) is 16.2 Å². The third-order valence-electron chi connectivity index (χ3n) is 16.6. The van der Waals surface area contributed by atoms with Crippen LogP contribution >= 0.6 is 0 Å². The smallest absolute Gasteiger partial charge is 0.0543 e. The summed E-state index contributed by atoms with van der Waals surface area (Å²) in [6.07, 6.45) is 7.08. The lowest BCUT2D eigenvalue weighted by molar-refractivity contribution is -0.0399. The standard InChI is InChI=1S/C58H51N/c1-56(2)49-19-9-7-17-47(49)55-51(56)21-12-22-54(55)59(42-24-26-45-43-15-5-8-18-48(43)57(3,4)52(45)34-42)41-14-11-13-37(32-41)38-23-25-46-44-16-6-10-20-50(44)58(53(46)33-38)39-28-35-27-36(30-39)31-40(58)29-35/h5-26,32-36,39-40H,27-31H2,1-4H3. The summed E-state index contributed by atoms with van der Waals surface area (Å²) in [5.74, 6) is 3.36. The number of rotatable bonds is 4. The summed E-state index contributed by atoms with van der Waals surface area (Å²) >= 11 is 0. The highest BCUT2D eigenvalue weighted by atomic mass is 15.1. The molecule has 14 rings (SSSR count). The van der Waals surface area contributed by atoms with Gasteiger partial charge in [0, 0.05) is 33.2 Å². The van der Waals surface area contributed by atoms with E-state index in [1.165, 1.54) is 116 Å². The highest BCUT2D eigenvalue weighted by Crippen LogP contribution is 2.69. The minimum atomic E-state index is -0.0987. The fourth-order valence-corrected chi connectivity index (χ4v) is 14.3. The maximum atomic E-state index is 2.65. The minimum Gasteiger partial charge on any atom is -0.310 e. The zero-order valence-corrected chi connectivity index (χ0v) is 34.7. The van der Waals surface area contributed by atoms with Crippen LogP contribution in [0, 0.1) is 23.7 Å². The lowest BCUT2D eigenvalue weighted by atomic mass is 9.43. The van der Waals surface area contributed by atoms with Crippen molar-refractivity contribution in [1.29, 1.82) is 0 Å². The first kappa shape index (κ1) is 34.2. The summed E-state index contributed by atoms with van der Waals surface area (Å²) in [5, 5.41) is 0. The van der Waals surface area contributed by atoms with E-state index in [1.807, 2.05) is 0 Å². The molecule has 7 aromatic rings. The van der Waals surface area contributed by atoms with Gasteiger partial charge in [-0.2, -0.15) is 0 Å². The second kappa shape index (κ2) is 11.8. The fraction of sp³-hybridized carbons (Fsp3) is 0.276. The number of fused-ring (bicyclic) bond motifs is 9. The molecule has 0 saturated heterocycles. The number of anilines is 3. The molecule has 1 nitrogen and oxygen atoms in total. The molecule has 0 aliphatic heterocycles. The number of hydrogen-bond donors (Lipinski definition) is 0. The molecular formula is C58H51N. The number of nitrogens with zero attached hydrogens (tertiary/aromatic N) is 1. The summed E-state index contributed by atoms with van der Waals surface area (Å²) in [5.41, 5.74) is 23.4. The van der Waals surface area contributed by atoms with Crippen molar-refractivity contribution < 1.29 is 0 Å². The molecule has 4 bridgehead atoms. The van der Waals surface area contributed by atoms with E-state index in [-0.39, 0.29) is 16.2 Å². The van der Waals surface area contributed by atoms with Crippen LogP contribution in [0.2, 0.25) is 0 Å². The van der Waals surface area contributed by atoms with Gasteiger partial charge in [0.15, 0.2) is 0 Å². The highest BCUT2D eigenvalue weighted by molar-refractivity contribution is 5.96. The Bertz CT molecular complexity index is 2890. The maximum Gasteiger partial charge on any atom is 0.0543 e. The molecule has 0 unspecified atom stereocenters. The van der Waals surface area contributed by atoms with Gasteiger partial charge in [-0.15, -0.1) is 0 Å². The Morgan fingerprint density at radius 3 is 1.66 bits per heavy atom. The molecule has 0 radical (unpaired) electrons. The molecule has 4 fully saturated rings. The second-order valence-electron chi connectivity index (χ2n) is 20.1. The molecule has 7 aliphatic rings. The van der Waals surface area contributed by atoms with Gasteiger partial charge in [0.1, 0.15) is 0 Å². The molecule has 59 heavy (non-hydrogen) atoms. The van der Waals surface area contributed by atoms with Crippen molar-refractivity contribution in [3.8, 4) is 44.5 Å². The van der Waals surface area contributed by atoms with E-state index in [1.54, 1.807) is 11.1 Å². The molecule has 1 spiro atoms. The molecule has 0 amide bonds. The van der Waals surface area contributed by atoms with Crippen LogP contribution < -0.4 is 4.90 Å². The largest absolute Gasteiger partial charge is 0.310 e. The van der Waals surface area contributed by atoms with Crippen molar-refractivity contribution in [1.82, 2.24) is 0 Å².